The Labute approximate surface area is 186 Å². The lowest BCUT2D eigenvalue weighted by Crippen LogP contribution is -2.13. The van der Waals surface area contributed by atoms with Gasteiger partial charge in [-0.2, -0.15) is 10.2 Å². The van der Waals surface area contributed by atoms with Crippen LogP contribution in [0.4, 0.5) is 5.82 Å². The maximum atomic E-state index is 12.7. The molecule has 4 rings (SSSR count). The van der Waals surface area contributed by atoms with Crippen LogP contribution in [-0.4, -0.2) is 40.1 Å². The van der Waals surface area contributed by atoms with Gasteiger partial charge in [0.05, 0.1) is 19.9 Å². The number of carbonyl (C=O) groups is 1. The minimum Gasteiger partial charge on any atom is -0.497 e. The highest BCUT2D eigenvalue weighted by atomic mass is 16.5. The van der Waals surface area contributed by atoms with Gasteiger partial charge in [-0.15, -0.1) is 0 Å². The second-order valence-electron chi connectivity index (χ2n) is 7.37. The Morgan fingerprint density at radius 3 is 2.41 bits per heavy atom. The molecule has 8 heteroatoms. The molecule has 32 heavy (non-hydrogen) atoms. The van der Waals surface area contributed by atoms with Crippen LogP contribution >= 0.6 is 0 Å². The number of methoxy groups -OCH3 is 2. The minimum atomic E-state index is -0.307. The molecule has 0 saturated heterocycles. The molecule has 164 valence electrons. The average molecular weight is 431 g/mol. The number of rotatable bonds is 8. The van der Waals surface area contributed by atoms with Gasteiger partial charge in [0.2, 0.25) is 0 Å². The van der Waals surface area contributed by atoms with Gasteiger partial charge in [-0.1, -0.05) is 18.2 Å². The molecule has 0 fully saturated rings. The molecule has 0 aliphatic heterocycles. The number of nitrogens with one attached hydrogen (secondary N) is 2. The van der Waals surface area contributed by atoms with Crippen LogP contribution in [0.1, 0.15) is 27.4 Å². The zero-order valence-electron chi connectivity index (χ0n) is 18.3. The highest BCUT2D eigenvalue weighted by Crippen LogP contribution is 2.23. The van der Waals surface area contributed by atoms with Gasteiger partial charge in [-0.25, -0.2) is 4.68 Å². The largest absolute Gasteiger partial charge is 0.497 e. The quantitative estimate of drug-likeness (QED) is 0.440. The van der Waals surface area contributed by atoms with Crippen LogP contribution in [0.25, 0.3) is 5.69 Å². The maximum absolute atomic E-state index is 12.7. The van der Waals surface area contributed by atoms with Gasteiger partial charge in [0.15, 0.2) is 11.5 Å². The Morgan fingerprint density at radius 1 is 1.00 bits per heavy atom. The number of para-hydroxylation sites is 1. The summed E-state index contributed by atoms with van der Waals surface area (Å²) in [4.78, 5) is 12.7. The molecule has 2 aromatic heterocycles. The summed E-state index contributed by atoms with van der Waals surface area (Å²) in [5.74, 6) is 1.66. The van der Waals surface area contributed by atoms with Crippen molar-refractivity contribution in [1.29, 1.82) is 0 Å². The molecular formula is C24H25N5O3. The Hall–Kier alpha value is -4.07. The van der Waals surface area contributed by atoms with Crippen LogP contribution in [0.3, 0.4) is 0 Å². The number of H-pyrrole nitrogens is 1. The van der Waals surface area contributed by atoms with Crippen LogP contribution in [0.5, 0.6) is 11.5 Å². The molecule has 2 aromatic carbocycles. The summed E-state index contributed by atoms with van der Waals surface area (Å²) >= 11 is 0. The first kappa shape index (κ1) is 21.2. The minimum absolute atomic E-state index is 0.307. The first-order chi connectivity index (χ1) is 15.6. The number of hydrogen-bond donors (Lipinski definition) is 2. The predicted molar refractivity (Wildman–Crippen MR) is 122 cm³/mol. The summed E-state index contributed by atoms with van der Waals surface area (Å²) < 4.78 is 12.4. The zero-order chi connectivity index (χ0) is 22.5. The summed E-state index contributed by atoms with van der Waals surface area (Å²) in [6.45, 7) is 1.91. The molecule has 0 saturated carbocycles. The lowest BCUT2D eigenvalue weighted by Gasteiger charge is -2.07. The number of aromatic nitrogens is 4. The fourth-order valence-electron chi connectivity index (χ4n) is 3.44. The molecule has 0 spiro atoms. The zero-order valence-corrected chi connectivity index (χ0v) is 18.3. The molecule has 2 N–H and O–H groups in total. The summed E-state index contributed by atoms with van der Waals surface area (Å²) in [6.07, 6.45) is 1.49. The van der Waals surface area contributed by atoms with E-state index in [4.69, 9.17) is 9.47 Å². The average Bonchev–Trinajstić information content (AvgIpc) is 3.44. The maximum Gasteiger partial charge on any atom is 0.277 e. The Balaban J connectivity index is 1.40. The molecule has 0 aliphatic rings. The van der Waals surface area contributed by atoms with Crippen molar-refractivity contribution >= 4 is 11.7 Å². The fourth-order valence-corrected chi connectivity index (χ4v) is 3.44. The third-order valence-electron chi connectivity index (χ3n) is 5.09. The summed E-state index contributed by atoms with van der Waals surface area (Å²) in [5.41, 5.74) is 4.11. The van der Waals surface area contributed by atoms with Crippen LogP contribution in [0.2, 0.25) is 0 Å². The van der Waals surface area contributed by atoms with Crippen LogP contribution in [0, 0.1) is 6.92 Å². The number of hydrogen-bond acceptors (Lipinski definition) is 5. The molecule has 4 aromatic rings. The number of amides is 1. The van der Waals surface area contributed by atoms with E-state index in [9.17, 15) is 4.79 Å². The number of ether oxygens (including phenoxy) is 2. The number of carbonyl (C=O) groups excluding carboxylic acids is 1. The monoisotopic (exact) mass is 431 g/mol. The SMILES string of the molecule is COc1cc(CCc2cc(NC(=O)c3cc(C)n(-c4ccccc4)n3)n[nH]2)cc(OC)c1. The van der Waals surface area contributed by atoms with E-state index < -0.39 is 0 Å². The number of anilines is 1. The third kappa shape index (κ3) is 4.80. The van der Waals surface area contributed by atoms with E-state index in [1.54, 1.807) is 25.0 Å². The van der Waals surface area contributed by atoms with Crippen molar-refractivity contribution < 1.29 is 14.3 Å². The smallest absolute Gasteiger partial charge is 0.277 e. The van der Waals surface area contributed by atoms with Gasteiger partial charge in [-0.3, -0.25) is 9.89 Å². The highest BCUT2D eigenvalue weighted by Gasteiger charge is 2.15. The molecule has 0 bridgehead atoms. The lowest BCUT2D eigenvalue weighted by atomic mass is 10.1. The van der Waals surface area contributed by atoms with E-state index in [-0.39, 0.29) is 5.91 Å². The van der Waals surface area contributed by atoms with Gasteiger partial charge in [0.25, 0.3) is 5.91 Å². The molecule has 1 amide bonds. The Morgan fingerprint density at radius 2 is 1.72 bits per heavy atom. The van der Waals surface area contributed by atoms with Crippen molar-refractivity contribution in [1.82, 2.24) is 20.0 Å². The molecule has 0 atom stereocenters. The number of aromatic amines is 1. The molecular weight excluding hydrogens is 406 g/mol. The Kier molecular flexibility index (Phi) is 6.21. The standard InChI is InChI=1S/C24H25N5O3/c1-16-11-22(28-29(16)19-7-5-4-6-8-19)24(30)25-23-14-18(26-27-23)10-9-17-12-20(31-2)15-21(13-17)32-3/h4-8,11-15H,9-10H2,1-3H3,(H2,25,26,27,30). The van der Waals surface area contributed by atoms with E-state index in [0.717, 1.165) is 47.0 Å². The molecule has 0 aliphatic carbocycles. The van der Waals surface area contributed by atoms with Crippen molar-refractivity contribution in [2.45, 2.75) is 19.8 Å². The van der Waals surface area contributed by atoms with Crippen LogP contribution in [0.15, 0.2) is 60.7 Å². The fraction of sp³-hybridized carbons (Fsp3) is 0.208. The summed E-state index contributed by atoms with van der Waals surface area (Å²) in [5, 5.41) is 14.4. The predicted octanol–water partition coefficient (Wildman–Crippen LogP) is 3.96. The van der Waals surface area contributed by atoms with Crippen molar-refractivity contribution in [2.24, 2.45) is 0 Å². The number of benzene rings is 2. The number of aryl methyl sites for hydroxylation is 3. The van der Waals surface area contributed by atoms with Gasteiger partial charge in [-0.05, 0) is 55.7 Å². The van der Waals surface area contributed by atoms with Gasteiger partial charge in [0, 0.05) is 23.5 Å². The highest BCUT2D eigenvalue weighted by molar-refractivity contribution is 6.02. The van der Waals surface area contributed by atoms with E-state index in [2.05, 4.69) is 20.6 Å². The first-order valence-electron chi connectivity index (χ1n) is 10.3. The summed E-state index contributed by atoms with van der Waals surface area (Å²) in [6, 6.07) is 19.1. The third-order valence-corrected chi connectivity index (χ3v) is 5.09. The topological polar surface area (TPSA) is 94.1 Å². The Bertz CT molecular complexity index is 1190. The lowest BCUT2D eigenvalue weighted by molar-refractivity contribution is 0.102. The van der Waals surface area contributed by atoms with Crippen LogP contribution < -0.4 is 14.8 Å². The van der Waals surface area contributed by atoms with E-state index in [1.165, 1.54) is 0 Å². The second-order valence-corrected chi connectivity index (χ2v) is 7.37. The normalized spacial score (nSPS) is 10.7. The van der Waals surface area contributed by atoms with Crippen molar-refractivity contribution in [2.75, 3.05) is 19.5 Å². The van der Waals surface area contributed by atoms with Crippen LogP contribution in [-0.2, 0) is 12.8 Å². The van der Waals surface area contributed by atoms with Gasteiger partial charge < -0.3 is 14.8 Å². The van der Waals surface area contributed by atoms with E-state index >= 15 is 0 Å². The molecule has 2 heterocycles. The molecule has 0 unspecified atom stereocenters. The van der Waals surface area contributed by atoms with Crippen molar-refractivity contribution in [3.05, 3.63) is 83.3 Å². The molecule has 8 nitrogen and oxygen atoms in total. The van der Waals surface area contributed by atoms with Crippen molar-refractivity contribution in [3.8, 4) is 17.2 Å². The van der Waals surface area contributed by atoms with Crippen molar-refractivity contribution in [3.63, 3.8) is 0 Å². The van der Waals surface area contributed by atoms with E-state index in [1.807, 2.05) is 61.5 Å². The summed E-state index contributed by atoms with van der Waals surface area (Å²) in [7, 11) is 3.26. The van der Waals surface area contributed by atoms with Gasteiger partial charge in [0.1, 0.15) is 11.5 Å². The number of nitrogens with zero attached hydrogens (tertiary/aromatic N) is 3. The van der Waals surface area contributed by atoms with Gasteiger partial charge >= 0.3 is 0 Å². The molecule has 0 radical (unpaired) electrons. The first-order valence-corrected chi connectivity index (χ1v) is 10.3. The second kappa shape index (κ2) is 9.38. The van der Waals surface area contributed by atoms with E-state index in [0.29, 0.717) is 11.5 Å².